The lowest BCUT2D eigenvalue weighted by Crippen LogP contribution is -2.31. The Morgan fingerprint density at radius 1 is 1.43 bits per heavy atom. The predicted octanol–water partition coefficient (Wildman–Crippen LogP) is 2.96. The van der Waals surface area contributed by atoms with Crippen LogP contribution in [0.1, 0.15) is 20.3 Å². The van der Waals surface area contributed by atoms with E-state index < -0.39 is 0 Å². The molecule has 0 heterocycles. The summed E-state index contributed by atoms with van der Waals surface area (Å²) in [4.78, 5) is 0. The van der Waals surface area contributed by atoms with Crippen molar-refractivity contribution >= 4 is 15.9 Å². The lowest BCUT2D eigenvalue weighted by Gasteiger charge is -2.25. The van der Waals surface area contributed by atoms with Gasteiger partial charge in [0.1, 0.15) is 11.4 Å². The zero-order valence-electron chi connectivity index (χ0n) is 8.59. The topological polar surface area (TPSA) is 35.2 Å². The van der Waals surface area contributed by atoms with Crippen molar-refractivity contribution in [1.29, 1.82) is 0 Å². The Morgan fingerprint density at radius 2 is 2.14 bits per heavy atom. The van der Waals surface area contributed by atoms with Crippen molar-refractivity contribution in [1.82, 2.24) is 0 Å². The Kier molecular flexibility index (Phi) is 3.96. The van der Waals surface area contributed by atoms with Crippen molar-refractivity contribution in [2.24, 2.45) is 5.73 Å². The number of hydrogen-bond acceptors (Lipinski definition) is 2. The van der Waals surface area contributed by atoms with Gasteiger partial charge in [-0.05, 0) is 45.0 Å². The second-order valence-corrected chi connectivity index (χ2v) is 4.77. The summed E-state index contributed by atoms with van der Waals surface area (Å²) in [6, 6.07) is 7.84. The first kappa shape index (κ1) is 11.5. The molecule has 0 aromatic heterocycles. The van der Waals surface area contributed by atoms with Crippen molar-refractivity contribution in [2.75, 3.05) is 6.54 Å². The maximum absolute atomic E-state index is 5.81. The Balaban J connectivity index is 2.68. The van der Waals surface area contributed by atoms with Gasteiger partial charge in [0.25, 0.3) is 0 Å². The molecule has 3 heteroatoms. The quantitative estimate of drug-likeness (QED) is 0.901. The Morgan fingerprint density at radius 3 is 2.71 bits per heavy atom. The maximum atomic E-state index is 5.81. The Labute approximate surface area is 93.6 Å². The molecule has 2 nitrogen and oxygen atoms in total. The highest BCUT2D eigenvalue weighted by Crippen LogP contribution is 2.23. The Hall–Kier alpha value is -0.540. The number of benzene rings is 1. The average molecular weight is 258 g/mol. The normalized spacial score (nSPS) is 11.4. The molecule has 1 aromatic carbocycles. The van der Waals surface area contributed by atoms with Crippen LogP contribution in [0.25, 0.3) is 0 Å². The maximum Gasteiger partial charge on any atom is 0.121 e. The van der Waals surface area contributed by atoms with Gasteiger partial charge in [-0.15, -0.1) is 0 Å². The average Bonchev–Trinajstić information content (AvgIpc) is 2.02. The molecular weight excluding hydrogens is 242 g/mol. The van der Waals surface area contributed by atoms with Crippen molar-refractivity contribution in [3.05, 3.63) is 28.7 Å². The smallest absolute Gasteiger partial charge is 0.121 e. The van der Waals surface area contributed by atoms with E-state index in [2.05, 4.69) is 15.9 Å². The summed E-state index contributed by atoms with van der Waals surface area (Å²) >= 11 is 3.40. The third-order valence-electron chi connectivity index (χ3n) is 1.94. The number of halogens is 1. The van der Waals surface area contributed by atoms with Crippen LogP contribution in [0.2, 0.25) is 0 Å². The third-order valence-corrected chi connectivity index (χ3v) is 2.43. The number of ether oxygens (including phenoxy) is 1. The second-order valence-electron chi connectivity index (χ2n) is 3.86. The van der Waals surface area contributed by atoms with E-state index in [1.54, 1.807) is 0 Å². The lowest BCUT2D eigenvalue weighted by molar-refractivity contribution is 0.102. The zero-order chi connectivity index (χ0) is 10.6. The van der Waals surface area contributed by atoms with Crippen LogP contribution in [0.5, 0.6) is 5.75 Å². The summed E-state index contributed by atoms with van der Waals surface area (Å²) in [5, 5.41) is 0. The zero-order valence-corrected chi connectivity index (χ0v) is 10.2. The summed E-state index contributed by atoms with van der Waals surface area (Å²) < 4.78 is 6.84. The summed E-state index contributed by atoms with van der Waals surface area (Å²) in [7, 11) is 0. The van der Waals surface area contributed by atoms with Gasteiger partial charge in [-0.3, -0.25) is 0 Å². The molecule has 0 fully saturated rings. The molecule has 0 radical (unpaired) electrons. The van der Waals surface area contributed by atoms with Crippen LogP contribution < -0.4 is 10.5 Å². The number of hydrogen-bond donors (Lipinski definition) is 1. The molecule has 0 atom stereocenters. The summed E-state index contributed by atoms with van der Waals surface area (Å²) in [6.07, 6.45) is 0.847. The highest BCUT2D eigenvalue weighted by molar-refractivity contribution is 9.10. The van der Waals surface area contributed by atoms with E-state index in [-0.39, 0.29) is 5.60 Å². The van der Waals surface area contributed by atoms with E-state index in [9.17, 15) is 0 Å². The molecule has 0 saturated carbocycles. The molecule has 1 aromatic rings. The summed E-state index contributed by atoms with van der Waals surface area (Å²) in [5.74, 6) is 0.873. The van der Waals surface area contributed by atoms with Crippen molar-refractivity contribution in [3.63, 3.8) is 0 Å². The fourth-order valence-electron chi connectivity index (χ4n) is 1.25. The minimum Gasteiger partial charge on any atom is -0.488 e. The SMILES string of the molecule is CC(C)(CCN)Oc1cccc(Br)c1. The molecule has 0 spiro atoms. The fourth-order valence-corrected chi connectivity index (χ4v) is 1.63. The summed E-state index contributed by atoms with van der Waals surface area (Å²) in [6.45, 7) is 4.72. The van der Waals surface area contributed by atoms with Crippen molar-refractivity contribution in [3.8, 4) is 5.75 Å². The molecule has 1 rings (SSSR count). The van der Waals surface area contributed by atoms with E-state index >= 15 is 0 Å². The van der Waals surface area contributed by atoms with E-state index in [0.717, 1.165) is 16.6 Å². The molecule has 0 amide bonds. The van der Waals surface area contributed by atoms with E-state index in [1.807, 2.05) is 38.1 Å². The minimum atomic E-state index is -0.199. The lowest BCUT2D eigenvalue weighted by atomic mass is 10.1. The third kappa shape index (κ3) is 3.68. The van der Waals surface area contributed by atoms with Gasteiger partial charge in [-0.25, -0.2) is 0 Å². The second kappa shape index (κ2) is 4.80. The van der Waals surface area contributed by atoms with Crippen molar-refractivity contribution < 1.29 is 4.74 Å². The molecule has 0 aliphatic heterocycles. The van der Waals surface area contributed by atoms with Crippen LogP contribution >= 0.6 is 15.9 Å². The highest BCUT2D eigenvalue weighted by Gasteiger charge is 2.18. The highest BCUT2D eigenvalue weighted by atomic mass is 79.9. The molecule has 0 aliphatic rings. The first-order valence-electron chi connectivity index (χ1n) is 4.68. The number of nitrogens with two attached hydrogens (primary N) is 1. The molecule has 78 valence electrons. The van der Waals surface area contributed by atoms with Gasteiger partial charge in [0, 0.05) is 4.47 Å². The minimum absolute atomic E-state index is 0.199. The van der Waals surface area contributed by atoms with Gasteiger partial charge >= 0.3 is 0 Å². The van der Waals surface area contributed by atoms with E-state index in [1.165, 1.54) is 0 Å². The Bertz CT molecular complexity index is 299. The van der Waals surface area contributed by atoms with E-state index in [4.69, 9.17) is 10.5 Å². The molecule has 0 aliphatic carbocycles. The van der Waals surface area contributed by atoms with Gasteiger partial charge in [0.2, 0.25) is 0 Å². The van der Waals surface area contributed by atoms with Gasteiger partial charge in [0.05, 0.1) is 0 Å². The molecule has 0 bridgehead atoms. The monoisotopic (exact) mass is 257 g/mol. The first-order valence-corrected chi connectivity index (χ1v) is 5.47. The van der Waals surface area contributed by atoms with Gasteiger partial charge in [-0.2, -0.15) is 0 Å². The van der Waals surface area contributed by atoms with Gasteiger partial charge in [-0.1, -0.05) is 22.0 Å². The predicted molar refractivity (Wildman–Crippen MR) is 62.5 cm³/mol. The fraction of sp³-hybridized carbons (Fsp3) is 0.455. The molecule has 0 saturated heterocycles. The van der Waals surface area contributed by atoms with Crippen molar-refractivity contribution in [2.45, 2.75) is 25.9 Å². The summed E-state index contributed by atoms with van der Waals surface area (Å²) in [5.41, 5.74) is 5.31. The molecule has 14 heavy (non-hydrogen) atoms. The van der Waals surface area contributed by atoms with Crippen LogP contribution in [0.3, 0.4) is 0 Å². The van der Waals surface area contributed by atoms with Crippen LogP contribution in [-0.4, -0.2) is 12.1 Å². The van der Waals surface area contributed by atoms with Crippen LogP contribution in [-0.2, 0) is 0 Å². The standard InChI is InChI=1S/C11H16BrNO/c1-11(2,6-7-13)14-10-5-3-4-9(12)8-10/h3-5,8H,6-7,13H2,1-2H3. The largest absolute Gasteiger partial charge is 0.488 e. The van der Waals surface area contributed by atoms with E-state index in [0.29, 0.717) is 6.54 Å². The first-order chi connectivity index (χ1) is 6.53. The molecule has 2 N–H and O–H groups in total. The van der Waals surface area contributed by atoms with Gasteiger partial charge in [0.15, 0.2) is 0 Å². The number of rotatable bonds is 4. The van der Waals surface area contributed by atoms with Crippen LogP contribution in [0.4, 0.5) is 0 Å². The van der Waals surface area contributed by atoms with Gasteiger partial charge < -0.3 is 10.5 Å². The molecular formula is C11H16BrNO. The molecule has 0 unspecified atom stereocenters. The van der Waals surface area contributed by atoms with Crippen LogP contribution in [0, 0.1) is 0 Å². The van der Waals surface area contributed by atoms with Crippen LogP contribution in [0.15, 0.2) is 28.7 Å².